The Labute approximate surface area is 157 Å². The van der Waals surface area contributed by atoms with Crippen molar-refractivity contribution >= 4 is 11.6 Å². The van der Waals surface area contributed by atoms with Crippen molar-refractivity contribution < 1.29 is 19.2 Å². The number of amides is 1. The van der Waals surface area contributed by atoms with Crippen LogP contribution in [0.3, 0.4) is 0 Å². The third-order valence-corrected chi connectivity index (χ3v) is 4.90. The number of hydrogen-bond donors (Lipinski definition) is 0. The molecule has 0 radical (unpaired) electrons. The lowest BCUT2D eigenvalue weighted by atomic mass is 10.0. The zero-order chi connectivity index (χ0) is 19.4. The minimum atomic E-state index is -0.448. The molecule has 1 heterocycles. The average Bonchev–Trinajstić information content (AvgIpc) is 3.17. The minimum absolute atomic E-state index is 0.00607. The number of rotatable bonds is 6. The summed E-state index contributed by atoms with van der Waals surface area (Å²) in [6.07, 6.45) is 1.71. The Balaban J connectivity index is 1.85. The van der Waals surface area contributed by atoms with E-state index >= 15 is 0 Å². The lowest BCUT2D eigenvalue weighted by Gasteiger charge is -2.26. The molecule has 1 aliphatic rings. The van der Waals surface area contributed by atoms with E-state index in [1.807, 2.05) is 12.1 Å². The molecule has 2 aromatic rings. The highest BCUT2D eigenvalue weighted by Crippen LogP contribution is 2.39. The van der Waals surface area contributed by atoms with Crippen LogP contribution in [-0.4, -0.2) is 36.5 Å². The molecule has 0 N–H and O–H groups in total. The summed E-state index contributed by atoms with van der Waals surface area (Å²) in [4.78, 5) is 25.5. The number of hydrogen-bond acceptors (Lipinski definition) is 5. The second-order valence-corrected chi connectivity index (χ2v) is 6.42. The zero-order valence-electron chi connectivity index (χ0n) is 15.4. The molecule has 7 nitrogen and oxygen atoms in total. The number of nitro benzene ring substituents is 1. The van der Waals surface area contributed by atoms with Crippen LogP contribution in [0.25, 0.3) is 0 Å². The van der Waals surface area contributed by atoms with Crippen molar-refractivity contribution in [2.24, 2.45) is 0 Å². The van der Waals surface area contributed by atoms with Crippen molar-refractivity contribution in [1.29, 1.82) is 0 Å². The summed E-state index contributed by atoms with van der Waals surface area (Å²) in [6.45, 7) is 0.624. The molecule has 0 aromatic heterocycles. The van der Waals surface area contributed by atoms with E-state index in [1.54, 1.807) is 43.4 Å². The number of carbonyl (C=O) groups is 1. The van der Waals surface area contributed by atoms with Gasteiger partial charge in [-0.2, -0.15) is 0 Å². The fourth-order valence-corrected chi connectivity index (χ4v) is 3.59. The van der Waals surface area contributed by atoms with Gasteiger partial charge >= 0.3 is 0 Å². The van der Waals surface area contributed by atoms with Crippen LogP contribution in [0, 0.1) is 10.1 Å². The molecule has 1 aliphatic heterocycles. The number of nitrogens with zero attached hydrogens (tertiary/aromatic N) is 2. The van der Waals surface area contributed by atoms with Crippen LogP contribution in [0.1, 0.15) is 30.0 Å². The fraction of sp³-hybridized carbons (Fsp3) is 0.350. The molecule has 0 bridgehead atoms. The Kier molecular flexibility index (Phi) is 5.59. The highest BCUT2D eigenvalue weighted by Gasteiger charge is 2.32. The van der Waals surface area contributed by atoms with Crippen molar-refractivity contribution in [2.45, 2.75) is 25.3 Å². The monoisotopic (exact) mass is 370 g/mol. The first-order valence-corrected chi connectivity index (χ1v) is 8.79. The predicted octanol–water partition coefficient (Wildman–Crippen LogP) is 3.52. The lowest BCUT2D eigenvalue weighted by molar-refractivity contribution is -0.385. The standard InChI is InChI=1S/C20H22N2O5/c1-26-15-9-10-16(19(13-15)27-2)18-8-5-11-21(18)20(23)12-14-6-3-4-7-17(14)22(24)25/h3-4,6-7,9-10,13,18H,5,8,11-12H2,1-2H3/t18-/m1/s1. The van der Waals surface area contributed by atoms with Gasteiger partial charge in [0.2, 0.25) is 5.91 Å². The maximum atomic E-state index is 12.9. The van der Waals surface area contributed by atoms with Crippen LogP contribution in [0.15, 0.2) is 42.5 Å². The predicted molar refractivity (Wildman–Crippen MR) is 100 cm³/mol. The van der Waals surface area contributed by atoms with Crippen molar-refractivity contribution in [3.05, 3.63) is 63.7 Å². The number of likely N-dealkylation sites (tertiary alicyclic amines) is 1. The van der Waals surface area contributed by atoms with Crippen molar-refractivity contribution in [1.82, 2.24) is 4.90 Å². The largest absolute Gasteiger partial charge is 0.497 e. The molecular formula is C20H22N2O5. The summed E-state index contributed by atoms with van der Waals surface area (Å²) in [5, 5.41) is 11.2. The van der Waals surface area contributed by atoms with Gasteiger partial charge < -0.3 is 14.4 Å². The molecule has 0 saturated carbocycles. The van der Waals surface area contributed by atoms with Gasteiger partial charge in [0, 0.05) is 29.8 Å². The van der Waals surface area contributed by atoms with Crippen LogP contribution in [0.5, 0.6) is 11.5 Å². The minimum Gasteiger partial charge on any atom is -0.497 e. The topological polar surface area (TPSA) is 81.9 Å². The number of carbonyl (C=O) groups excluding carboxylic acids is 1. The van der Waals surface area contributed by atoms with Crippen molar-refractivity contribution in [3.63, 3.8) is 0 Å². The molecule has 0 aliphatic carbocycles. The van der Waals surface area contributed by atoms with Gasteiger partial charge in [-0.15, -0.1) is 0 Å². The zero-order valence-corrected chi connectivity index (χ0v) is 15.4. The molecule has 7 heteroatoms. The molecule has 1 saturated heterocycles. The van der Waals surface area contributed by atoms with Gasteiger partial charge in [0.1, 0.15) is 11.5 Å². The smallest absolute Gasteiger partial charge is 0.273 e. The van der Waals surface area contributed by atoms with Crippen LogP contribution in [0.4, 0.5) is 5.69 Å². The molecule has 0 unspecified atom stereocenters. The Morgan fingerprint density at radius 3 is 2.70 bits per heavy atom. The second kappa shape index (κ2) is 8.07. The van der Waals surface area contributed by atoms with E-state index in [0.29, 0.717) is 23.6 Å². The number of nitro groups is 1. The van der Waals surface area contributed by atoms with Crippen LogP contribution in [0.2, 0.25) is 0 Å². The van der Waals surface area contributed by atoms with Crippen molar-refractivity contribution in [2.75, 3.05) is 20.8 Å². The highest BCUT2D eigenvalue weighted by molar-refractivity contribution is 5.80. The first kappa shape index (κ1) is 18.7. The maximum Gasteiger partial charge on any atom is 0.273 e. The Morgan fingerprint density at radius 2 is 2.00 bits per heavy atom. The molecule has 2 aromatic carbocycles. The number of benzene rings is 2. The van der Waals surface area contributed by atoms with E-state index < -0.39 is 4.92 Å². The average molecular weight is 370 g/mol. The van der Waals surface area contributed by atoms with E-state index in [1.165, 1.54) is 6.07 Å². The Morgan fingerprint density at radius 1 is 1.22 bits per heavy atom. The lowest BCUT2D eigenvalue weighted by Crippen LogP contribution is -2.32. The summed E-state index contributed by atoms with van der Waals surface area (Å²) in [5.74, 6) is 1.24. The Hall–Kier alpha value is -3.09. The van der Waals surface area contributed by atoms with E-state index in [-0.39, 0.29) is 24.1 Å². The third-order valence-electron chi connectivity index (χ3n) is 4.90. The number of para-hydroxylation sites is 1. The van der Waals surface area contributed by atoms with E-state index in [4.69, 9.17) is 9.47 Å². The molecule has 0 spiro atoms. The number of methoxy groups -OCH3 is 2. The first-order chi connectivity index (χ1) is 13.0. The molecular weight excluding hydrogens is 348 g/mol. The fourth-order valence-electron chi connectivity index (χ4n) is 3.59. The molecule has 1 amide bonds. The molecule has 142 valence electrons. The van der Waals surface area contributed by atoms with Gasteiger partial charge in [0.15, 0.2) is 0 Å². The third kappa shape index (κ3) is 3.86. The van der Waals surface area contributed by atoms with E-state index in [9.17, 15) is 14.9 Å². The van der Waals surface area contributed by atoms with Gasteiger partial charge in [-0.05, 0) is 25.0 Å². The van der Waals surface area contributed by atoms with Crippen LogP contribution >= 0.6 is 0 Å². The summed E-state index contributed by atoms with van der Waals surface area (Å²) >= 11 is 0. The van der Waals surface area contributed by atoms with Gasteiger partial charge in [-0.3, -0.25) is 14.9 Å². The van der Waals surface area contributed by atoms with Gasteiger partial charge in [-0.25, -0.2) is 0 Å². The highest BCUT2D eigenvalue weighted by atomic mass is 16.6. The SMILES string of the molecule is COc1ccc([C@H]2CCCN2C(=O)Cc2ccccc2[N+](=O)[O-])c(OC)c1. The summed E-state index contributed by atoms with van der Waals surface area (Å²) < 4.78 is 10.7. The second-order valence-electron chi connectivity index (χ2n) is 6.42. The molecule has 27 heavy (non-hydrogen) atoms. The van der Waals surface area contributed by atoms with Crippen LogP contribution in [-0.2, 0) is 11.2 Å². The summed E-state index contributed by atoms with van der Waals surface area (Å²) in [7, 11) is 3.18. The van der Waals surface area contributed by atoms with Crippen molar-refractivity contribution in [3.8, 4) is 11.5 Å². The van der Waals surface area contributed by atoms with E-state index in [0.717, 1.165) is 18.4 Å². The van der Waals surface area contributed by atoms with Gasteiger partial charge in [-0.1, -0.05) is 18.2 Å². The van der Waals surface area contributed by atoms with Crippen LogP contribution < -0.4 is 9.47 Å². The number of ether oxygens (including phenoxy) is 2. The first-order valence-electron chi connectivity index (χ1n) is 8.79. The Bertz CT molecular complexity index is 852. The quantitative estimate of drug-likeness (QED) is 0.574. The van der Waals surface area contributed by atoms with Gasteiger partial charge in [0.05, 0.1) is 31.6 Å². The normalized spacial score (nSPS) is 16.2. The molecule has 1 atom stereocenters. The van der Waals surface area contributed by atoms with E-state index in [2.05, 4.69) is 0 Å². The maximum absolute atomic E-state index is 12.9. The summed E-state index contributed by atoms with van der Waals surface area (Å²) in [6, 6.07) is 11.8. The summed E-state index contributed by atoms with van der Waals surface area (Å²) in [5.41, 5.74) is 1.33. The van der Waals surface area contributed by atoms with Gasteiger partial charge in [0.25, 0.3) is 5.69 Å². The molecule has 3 rings (SSSR count). The molecule has 1 fully saturated rings.